The molecule has 0 saturated carbocycles. The average Bonchev–Trinajstić information content (AvgIpc) is 2.92. The van der Waals surface area contributed by atoms with Gasteiger partial charge in [-0.2, -0.15) is 13.2 Å². The van der Waals surface area contributed by atoms with Crippen molar-refractivity contribution in [2.24, 2.45) is 11.5 Å². The van der Waals surface area contributed by atoms with Crippen molar-refractivity contribution in [2.75, 3.05) is 7.11 Å². The van der Waals surface area contributed by atoms with Crippen LogP contribution < -0.4 is 16.2 Å². The topological polar surface area (TPSA) is 61.3 Å². The first-order valence-electron chi connectivity index (χ1n) is 13.3. The highest BCUT2D eigenvalue weighted by molar-refractivity contribution is 5.48. The Morgan fingerprint density at radius 2 is 1.25 bits per heavy atom. The van der Waals surface area contributed by atoms with Crippen LogP contribution in [-0.4, -0.2) is 18.2 Å². The Labute approximate surface area is 235 Å². The van der Waals surface area contributed by atoms with Crippen molar-refractivity contribution >= 4 is 0 Å². The summed E-state index contributed by atoms with van der Waals surface area (Å²) in [6.45, 7) is 3.91. The van der Waals surface area contributed by atoms with Gasteiger partial charge in [0.1, 0.15) is 5.75 Å². The number of methoxy groups -OCH3 is 1. The van der Waals surface area contributed by atoms with Gasteiger partial charge in [0, 0.05) is 22.9 Å². The van der Waals surface area contributed by atoms with Crippen LogP contribution in [0.25, 0.3) is 0 Å². The van der Waals surface area contributed by atoms with E-state index in [2.05, 4.69) is 0 Å². The van der Waals surface area contributed by atoms with Crippen LogP contribution in [0.1, 0.15) is 54.0 Å². The second kappa shape index (κ2) is 11.9. The van der Waals surface area contributed by atoms with Crippen molar-refractivity contribution in [1.82, 2.24) is 0 Å². The Kier molecular flexibility index (Phi) is 8.71. The number of halogens is 3. The molecule has 3 atom stereocenters. The van der Waals surface area contributed by atoms with Crippen LogP contribution >= 0.6 is 0 Å². The average molecular weight is 546 g/mol. The molecule has 3 unspecified atom stereocenters. The quantitative estimate of drug-likeness (QED) is 0.216. The van der Waals surface area contributed by atoms with E-state index in [1.807, 2.05) is 98.8 Å². The maximum atomic E-state index is 13.4. The summed E-state index contributed by atoms with van der Waals surface area (Å²) in [7, 11) is 1.61. The lowest BCUT2D eigenvalue weighted by Gasteiger charge is -2.44. The zero-order chi connectivity index (χ0) is 29.0. The molecule has 0 bridgehead atoms. The molecular weight excluding hydrogens is 509 g/mol. The van der Waals surface area contributed by atoms with Gasteiger partial charge < -0.3 is 16.2 Å². The zero-order valence-electron chi connectivity index (χ0n) is 23.1. The summed E-state index contributed by atoms with van der Waals surface area (Å²) in [5.74, 6) is 1.19. The molecule has 4 aromatic rings. The van der Waals surface area contributed by atoms with Crippen molar-refractivity contribution in [3.8, 4) is 5.75 Å². The predicted molar refractivity (Wildman–Crippen MR) is 155 cm³/mol. The molecule has 4 rings (SSSR count). The molecule has 209 valence electrons. The number of hydrogen-bond acceptors (Lipinski definition) is 3. The van der Waals surface area contributed by atoms with Crippen molar-refractivity contribution in [1.29, 1.82) is 0 Å². The van der Waals surface area contributed by atoms with E-state index >= 15 is 0 Å². The fourth-order valence-corrected chi connectivity index (χ4v) is 5.49. The fraction of sp³-hybridized carbons (Fsp3) is 0.265. The van der Waals surface area contributed by atoms with E-state index in [-0.39, 0.29) is 5.92 Å². The van der Waals surface area contributed by atoms with Crippen molar-refractivity contribution in [3.05, 3.63) is 143 Å². The predicted octanol–water partition coefficient (Wildman–Crippen LogP) is 7.54. The normalized spacial score (nSPS) is 15.7. The third kappa shape index (κ3) is 6.93. The molecule has 3 nitrogen and oxygen atoms in total. The Hall–Kier alpha value is -3.61. The standard InChI is InChI=1S/C34H36F3N2O/c1-32(38,22-24-10-6-4-7-11-24)23-30(25-14-18-28(19-15-25)34(35,36)37)33(2,39)31(26-12-8-5-9-13-26)27-16-20-29(40-3)21-17-27/h4-21,31H,22-23,38-39H2,1-3H3. The third-order valence-corrected chi connectivity index (χ3v) is 7.42. The maximum Gasteiger partial charge on any atom is 0.416 e. The molecule has 1 radical (unpaired) electrons. The summed E-state index contributed by atoms with van der Waals surface area (Å²) in [5, 5.41) is 0. The van der Waals surface area contributed by atoms with Gasteiger partial charge in [-0.1, -0.05) is 84.9 Å². The van der Waals surface area contributed by atoms with Gasteiger partial charge in [-0.25, -0.2) is 0 Å². The minimum absolute atomic E-state index is 0.315. The minimum Gasteiger partial charge on any atom is -0.497 e. The first kappa shape index (κ1) is 29.4. The summed E-state index contributed by atoms with van der Waals surface area (Å²) in [5.41, 5.74) is 15.5. The summed E-state index contributed by atoms with van der Waals surface area (Å²) >= 11 is 0. The first-order valence-corrected chi connectivity index (χ1v) is 13.3. The Morgan fingerprint density at radius 3 is 1.77 bits per heavy atom. The third-order valence-electron chi connectivity index (χ3n) is 7.42. The summed E-state index contributed by atoms with van der Waals surface area (Å²) in [6.07, 6.45) is -3.48. The van der Waals surface area contributed by atoms with Crippen LogP contribution in [0.2, 0.25) is 0 Å². The van der Waals surface area contributed by atoms with Crippen LogP contribution in [-0.2, 0) is 12.6 Å². The van der Waals surface area contributed by atoms with E-state index in [0.717, 1.165) is 40.5 Å². The first-order chi connectivity index (χ1) is 18.9. The highest BCUT2D eigenvalue weighted by Crippen LogP contribution is 2.45. The molecule has 0 aliphatic rings. The summed E-state index contributed by atoms with van der Waals surface area (Å²) < 4.78 is 45.7. The Bertz CT molecular complexity index is 1350. The van der Waals surface area contributed by atoms with Gasteiger partial charge in [-0.15, -0.1) is 0 Å². The van der Waals surface area contributed by atoms with Gasteiger partial charge in [-0.05, 0) is 73.2 Å². The fourth-order valence-electron chi connectivity index (χ4n) is 5.49. The molecule has 0 spiro atoms. The SMILES string of the molecule is COc1ccc(C(c2ccccc2)C(C)(N)[C](CC(C)(N)Cc2ccccc2)c2ccc(C(F)(F)F)cc2)cc1. The Balaban J connectivity index is 1.82. The number of ether oxygens (including phenoxy) is 1. The largest absolute Gasteiger partial charge is 0.497 e. The molecule has 0 aromatic heterocycles. The van der Waals surface area contributed by atoms with Crippen molar-refractivity contribution in [2.45, 2.75) is 49.9 Å². The van der Waals surface area contributed by atoms with Crippen LogP contribution in [0, 0.1) is 5.92 Å². The molecule has 0 aliphatic carbocycles. The molecular formula is C34H36F3N2O. The van der Waals surface area contributed by atoms with Crippen LogP contribution in [0.4, 0.5) is 13.2 Å². The lowest BCUT2D eigenvalue weighted by Crippen LogP contribution is -2.53. The monoisotopic (exact) mass is 545 g/mol. The van der Waals surface area contributed by atoms with E-state index < -0.39 is 22.8 Å². The van der Waals surface area contributed by atoms with E-state index in [4.69, 9.17) is 16.2 Å². The van der Waals surface area contributed by atoms with Crippen LogP contribution in [0.3, 0.4) is 0 Å². The number of rotatable bonds is 10. The zero-order valence-corrected chi connectivity index (χ0v) is 23.1. The van der Waals surface area contributed by atoms with Crippen LogP contribution in [0.5, 0.6) is 5.75 Å². The molecule has 0 saturated heterocycles. The van der Waals surface area contributed by atoms with Gasteiger partial charge in [-0.3, -0.25) is 0 Å². The van der Waals surface area contributed by atoms with Gasteiger partial charge >= 0.3 is 6.18 Å². The molecule has 4 aromatic carbocycles. The molecule has 0 fully saturated rings. The number of benzene rings is 4. The van der Waals surface area contributed by atoms with E-state index in [1.54, 1.807) is 7.11 Å². The van der Waals surface area contributed by atoms with Crippen LogP contribution in [0.15, 0.2) is 109 Å². The van der Waals surface area contributed by atoms with E-state index in [9.17, 15) is 13.2 Å². The van der Waals surface area contributed by atoms with E-state index in [0.29, 0.717) is 18.4 Å². The van der Waals surface area contributed by atoms with Gasteiger partial charge in [0.25, 0.3) is 0 Å². The lowest BCUT2D eigenvalue weighted by atomic mass is 9.64. The second-order valence-corrected chi connectivity index (χ2v) is 10.9. The smallest absolute Gasteiger partial charge is 0.416 e. The number of hydrogen-bond donors (Lipinski definition) is 2. The Morgan fingerprint density at radius 1 is 0.725 bits per heavy atom. The van der Waals surface area contributed by atoms with Crippen molar-refractivity contribution in [3.63, 3.8) is 0 Å². The maximum absolute atomic E-state index is 13.4. The minimum atomic E-state index is -4.43. The molecule has 0 amide bonds. The summed E-state index contributed by atoms with van der Waals surface area (Å²) in [6, 6.07) is 32.8. The summed E-state index contributed by atoms with van der Waals surface area (Å²) in [4.78, 5) is 0. The van der Waals surface area contributed by atoms with E-state index in [1.165, 1.54) is 12.1 Å². The number of alkyl halides is 3. The van der Waals surface area contributed by atoms with Gasteiger partial charge in [0.15, 0.2) is 0 Å². The van der Waals surface area contributed by atoms with Gasteiger partial charge in [0.2, 0.25) is 0 Å². The highest BCUT2D eigenvalue weighted by Gasteiger charge is 2.44. The van der Waals surface area contributed by atoms with Crippen molar-refractivity contribution < 1.29 is 17.9 Å². The molecule has 0 aliphatic heterocycles. The molecule has 6 heteroatoms. The van der Waals surface area contributed by atoms with Gasteiger partial charge in [0.05, 0.1) is 12.7 Å². The molecule has 0 heterocycles. The highest BCUT2D eigenvalue weighted by atomic mass is 19.4. The number of nitrogens with two attached hydrogens (primary N) is 2. The lowest BCUT2D eigenvalue weighted by molar-refractivity contribution is -0.137. The second-order valence-electron chi connectivity index (χ2n) is 10.9. The molecule has 40 heavy (non-hydrogen) atoms. The molecule has 4 N–H and O–H groups in total.